The van der Waals surface area contributed by atoms with Gasteiger partial charge in [-0.1, -0.05) is 32.4 Å². The second-order valence-electron chi connectivity index (χ2n) is 4.71. The molecule has 0 atom stereocenters. The average molecular weight is 255 g/mol. The van der Waals surface area contributed by atoms with Gasteiger partial charge in [0, 0.05) is 16.9 Å². The van der Waals surface area contributed by atoms with E-state index in [1.165, 1.54) is 11.1 Å². The van der Waals surface area contributed by atoms with E-state index in [4.69, 9.17) is 0 Å². The van der Waals surface area contributed by atoms with Gasteiger partial charge in [0.1, 0.15) is 12.1 Å². The lowest BCUT2D eigenvalue weighted by molar-refractivity contribution is 0.886. The van der Waals surface area contributed by atoms with Crippen LogP contribution in [0.5, 0.6) is 0 Å². The second kappa shape index (κ2) is 6.32. The minimum Gasteiger partial charge on any atom is -0.340 e. The number of hydrogen-bond donors (Lipinski definition) is 1. The topological polar surface area (TPSA) is 37.8 Å². The summed E-state index contributed by atoms with van der Waals surface area (Å²) in [7, 11) is 0. The Morgan fingerprint density at radius 2 is 1.79 bits per heavy atom. The van der Waals surface area contributed by atoms with Crippen LogP contribution in [-0.4, -0.2) is 9.97 Å². The SMILES string of the molecule is CCCc1c(C)ncnc1Nc1ccc(CC)cc1. The Hall–Kier alpha value is -1.90. The van der Waals surface area contributed by atoms with E-state index in [9.17, 15) is 0 Å². The highest BCUT2D eigenvalue weighted by Gasteiger charge is 2.07. The normalized spacial score (nSPS) is 10.5. The number of anilines is 2. The molecule has 1 heterocycles. The van der Waals surface area contributed by atoms with E-state index in [1.807, 2.05) is 6.92 Å². The number of aromatic nitrogens is 2. The van der Waals surface area contributed by atoms with Crippen molar-refractivity contribution in [2.45, 2.75) is 40.0 Å². The van der Waals surface area contributed by atoms with E-state index in [1.54, 1.807) is 6.33 Å². The Morgan fingerprint density at radius 3 is 2.42 bits per heavy atom. The molecule has 0 aliphatic heterocycles. The minimum absolute atomic E-state index is 0.929. The molecule has 0 bridgehead atoms. The number of nitrogens with one attached hydrogen (secondary N) is 1. The quantitative estimate of drug-likeness (QED) is 0.876. The van der Waals surface area contributed by atoms with Crippen molar-refractivity contribution in [2.75, 3.05) is 5.32 Å². The minimum atomic E-state index is 0.929. The molecule has 19 heavy (non-hydrogen) atoms. The smallest absolute Gasteiger partial charge is 0.137 e. The van der Waals surface area contributed by atoms with E-state index >= 15 is 0 Å². The second-order valence-corrected chi connectivity index (χ2v) is 4.71. The van der Waals surface area contributed by atoms with Crippen molar-refractivity contribution in [2.24, 2.45) is 0 Å². The summed E-state index contributed by atoms with van der Waals surface area (Å²) in [6.07, 6.45) is 4.78. The van der Waals surface area contributed by atoms with Gasteiger partial charge in [-0.25, -0.2) is 9.97 Å². The molecule has 0 spiro atoms. The van der Waals surface area contributed by atoms with Gasteiger partial charge in [-0.15, -0.1) is 0 Å². The van der Waals surface area contributed by atoms with Gasteiger partial charge in [0.2, 0.25) is 0 Å². The third-order valence-corrected chi connectivity index (χ3v) is 3.29. The summed E-state index contributed by atoms with van der Waals surface area (Å²) in [5.41, 5.74) is 4.69. The Balaban J connectivity index is 2.24. The fraction of sp³-hybridized carbons (Fsp3) is 0.375. The van der Waals surface area contributed by atoms with Crippen molar-refractivity contribution in [3.05, 3.63) is 47.4 Å². The highest BCUT2D eigenvalue weighted by atomic mass is 15.0. The molecule has 0 unspecified atom stereocenters. The zero-order chi connectivity index (χ0) is 13.7. The lowest BCUT2D eigenvalue weighted by Gasteiger charge is -2.12. The van der Waals surface area contributed by atoms with Gasteiger partial charge in [-0.2, -0.15) is 0 Å². The zero-order valence-electron chi connectivity index (χ0n) is 11.9. The van der Waals surface area contributed by atoms with Crippen molar-refractivity contribution in [1.29, 1.82) is 0 Å². The first-order chi connectivity index (χ1) is 9.24. The molecule has 1 aromatic carbocycles. The lowest BCUT2D eigenvalue weighted by Crippen LogP contribution is -2.03. The molecule has 0 aliphatic rings. The first kappa shape index (κ1) is 13.5. The lowest BCUT2D eigenvalue weighted by atomic mass is 10.1. The van der Waals surface area contributed by atoms with Crippen LogP contribution in [0.3, 0.4) is 0 Å². The summed E-state index contributed by atoms with van der Waals surface area (Å²) in [6.45, 7) is 6.37. The molecule has 3 heteroatoms. The first-order valence-electron chi connectivity index (χ1n) is 6.91. The van der Waals surface area contributed by atoms with E-state index in [2.05, 4.69) is 53.4 Å². The van der Waals surface area contributed by atoms with Gasteiger partial charge in [-0.3, -0.25) is 0 Å². The summed E-state index contributed by atoms with van der Waals surface area (Å²) in [5.74, 6) is 0.929. The predicted octanol–water partition coefficient (Wildman–Crippen LogP) is 4.04. The summed E-state index contributed by atoms with van der Waals surface area (Å²) >= 11 is 0. The van der Waals surface area contributed by atoms with E-state index in [-0.39, 0.29) is 0 Å². The van der Waals surface area contributed by atoms with Crippen molar-refractivity contribution < 1.29 is 0 Å². The molecule has 100 valence electrons. The molecule has 1 N–H and O–H groups in total. The maximum Gasteiger partial charge on any atom is 0.137 e. The fourth-order valence-electron chi connectivity index (χ4n) is 2.12. The van der Waals surface area contributed by atoms with Gasteiger partial charge in [0.15, 0.2) is 0 Å². The Bertz CT molecular complexity index is 532. The number of hydrogen-bond acceptors (Lipinski definition) is 3. The van der Waals surface area contributed by atoms with Gasteiger partial charge < -0.3 is 5.32 Å². The monoisotopic (exact) mass is 255 g/mol. The van der Waals surface area contributed by atoms with Gasteiger partial charge >= 0.3 is 0 Å². The fourth-order valence-corrected chi connectivity index (χ4v) is 2.12. The van der Waals surface area contributed by atoms with Crippen molar-refractivity contribution in [3.8, 4) is 0 Å². The van der Waals surface area contributed by atoms with Crippen LogP contribution < -0.4 is 5.32 Å². The van der Waals surface area contributed by atoms with E-state index in [0.29, 0.717) is 0 Å². The maximum absolute atomic E-state index is 4.37. The zero-order valence-corrected chi connectivity index (χ0v) is 11.9. The number of rotatable bonds is 5. The summed E-state index contributed by atoms with van der Waals surface area (Å²) in [5, 5.41) is 3.40. The molecule has 0 radical (unpaired) electrons. The third kappa shape index (κ3) is 3.31. The highest BCUT2D eigenvalue weighted by Crippen LogP contribution is 2.21. The Morgan fingerprint density at radius 1 is 1.05 bits per heavy atom. The van der Waals surface area contributed by atoms with Crippen LogP contribution >= 0.6 is 0 Å². The third-order valence-electron chi connectivity index (χ3n) is 3.29. The molecule has 3 nitrogen and oxygen atoms in total. The summed E-state index contributed by atoms with van der Waals surface area (Å²) in [6, 6.07) is 8.50. The highest BCUT2D eigenvalue weighted by molar-refractivity contribution is 5.60. The number of aryl methyl sites for hydroxylation is 2. The van der Waals surface area contributed by atoms with Gasteiger partial charge in [0.05, 0.1) is 0 Å². The largest absolute Gasteiger partial charge is 0.340 e. The van der Waals surface area contributed by atoms with Crippen LogP contribution in [0.4, 0.5) is 11.5 Å². The van der Waals surface area contributed by atoms with Gasteiger partial charge in [-0.05, 0) is 37.5 Å². The number of nitrogens with zero attached hydrogens (tertiary/aromatic N) is 2. The van der Waals surface area contributed by atoms with Crippen LogP contribution in [0.15, 0.2) is 30.6 Å². The molecule has 2 rings (SSSR count). The summed E-state index contributed by atoms with van der Waals surface area (Å²) < 4.78 is 0. The molecular weight excluding hydrogens is 234 g/mol. The van der Waals surface area contributed by atoms with Crippen LogP contribution in [0.2, 0.25) is 0 Å². The molecule has 0 fully saturated rings. The standard InChI is InChI=1S/C16H21N3/c1-4-6-15-12(3)17-11-18-16(15)19-14-9-7-13(5-2)8-10-14/h7-11H,4-6H2,1-3H3,(H,17,18,19). The molecule has 2 aromatic rings. The first-order valence-corrected chi connectivity index (χ1v) is 6.91. The van der Waals surface area contributed by atoms with Crippen LogP contribution in [0.1, 0.15) is 37.1 Å². The molecule has 0 aliphatic carbocycles. The Labute approximate surface area is 115 Å². The molecule has 1 aromatic heterocycles. The van der Waals surface area contributed by atoms with Crippen LogP contribution in [-0.2, 0) is 12.8 Å². The van der Waals surface area contributed by atoms with Crippen molar-refractivity contribution in [1.82, 2.24) is 9.97 Å². The van der Waals surface area contributed by atoms with E-state index < -0.39 is 0 Å². The molecule has 0 saturated heterocycles. The molecule has 0 amide bonds. The van der Waals surface area contributed by atoms with Crippen LogP contribution in [0.25, 0.3) is 0 Å². The maximum atomic E-state index is 4.37. The average Bonchev–Trinajstić information content (AvgIpc) is 2.43. The van der Waals surface area contributed by atoms with Crippen molar-refractivity contribution in [3.63, 3.8) is 0 Å². The Kier molecular flexibility index (Phi) is 4.50. The van der Waals surface area contributed by atoms with Gasteiger partial charge in [0.25, 0.3) is 0 Å². The molecule has 0 saturated carbocycles. The number of benzene rings is 1. The van der Waals surface area contributed by atoms with Crippen molar-refractivity contribution >= 4 is 11.5 Å². The van der Waals surface area contributed by atoms with E-state index in [0.717, 1.165) is 36.5 Å². The predicted molar refractivity (Wildman–Crippen MR) is 79.9 cm³/mol. The molecular formula is C16H21N3. The summed E-state index contributed by atoms with van der Waals surface area (Å²) in [4.78, 5) is 8.65. The van der Waals surface area contributed by atoms with Crippen LogP contribution in [0, 0.1) is 6.92 Å².